The average Bonchev–Trinajstić information content (AvgIpc) is 2.67. The Labute approximate surface area is 175 Å². The highest BCUT2D eigenvalue weighted by molar-refractivity contribution is 5.81. The van der Waals surface area contributed by atoms with E-state index in [9.17, 15) is 4.79 Å². The minimum atomic E-state index is -0.994. The standard InChI is InChI=1S/C25H36O4/c1-7-8-9-10-18-14-21-23(22(15-18)29-24(26)25(4,5)27-6)20-13-16(2)11-12-19(20)17(3)28-21/h13-15,17,19-20H,7-12H2,1-6H3/t17?,19-,20?/m0/s1. The third-order valence-electron chi connectivity index (χ3n) is 6.48. The van der Waals surface area contributed by atoms with E-state index in [1.807, 2.05) is 6.07 Å². The highest BCUT2D eigenvalue weighted by Crippen LogP contribution is 2.50. The smallest absolute Gasteiger partial charge is 0.343 e. The first-order valence-corrected chi connectivity index (χ1v) is 11.0. The normalized spacial score (nSPS) is 23.5. The van der Waals surface area contributed by atoms with E-state index in [1.165, 1.54) is 25.5 Å². The number of hydrogen-bond donors (Lipinski definition) is 0. The van der Waals surface area contributed by atoms with Gasteiger partial charge < -0.3 is 14.2 Å². The summed E-state index contributed by atoms with van der Waals surface area (Å²) in [5.41, 5.74) is 2.59. The first kappa shape index (κ1) is 21.9. The van der Waals surface area contributed by atoms with Gasteiger partial charge >= 0.3 is 5.97 Å². The van der Waals surface area contributed by atoms with E-state index >= 15 is 0 Å². The van der Waals surface area contributed by atoms with E-state index in [0.717, 1.165) is 42.6 Å². The molecular formula is C25H36O4. The maximum absolute atomic E-state index is 12.8. The van der Waals surface area contributed by atoms with Crippen molar-refractivity contribution in [2.45, 2.75) is 90.8 Å². The maximum atomic E-state index is 12.8. The molecule has 2 aliphatic rings. The van der Waals surface area contributed by atoms with Gasteiger partial charge in [0.05, 0.1) is 6.10 Å². The first-order chi connectivity index (χ1) is 13.8. The summed E-state index contributed by atoms with van der Waals surface area (Å²) in [6, 6.07) is 4.21. The Morgan fingerprint density at radius 2 is 2.03 bits per heavy atom. The predicted octanol–water partition coefficient (Wildman–Crippen LogP) is 5.97. The van der Waals surface area contributed by atoms with Crippen LogP contribution >= 0.6 is 0 Å². The number of aryl methyl sites for hydroxylation is 1. The van der Waals surface area contributed by atoms with Crippen molar-refractivity contribution in [3.8, 4) is 11.5 Å². The highest BCUT2D eigenvalue weighted by atomic mass is 16.6. The number of unbranched alkanes of at least 4 members (excludes halogenated alkanes) is 2. The molecule has 29 heavy (non-hydrogen) atoms. The summed E-state index contributed by atoms with van der Waals surface area (Å²) in [6.45, 7) is 10.0. The SMILES string of the molecule is CCCCCc1cc(OC(=O)C(C)(C)OC)c2c(c1)OC(C)[C@@H]1CCC(C)=CC21. The van der Waals surface area contributed by atoms with Gasteiger partial charge in [-0.2, -0.15) is 0 Å². The number of carbonyl (C=O) groups is 1. The van der Waals surface area contributed by atoms with Gasteiger partial charge in [0.15, 0.2) is 5.60 Å². The molecule has 0 radical (unpaired) electrons. The Kier molecular flexibility index (Phi) is 6.72. The minimum absolute atomic E-state index is 0.154. The number of methoxy groups -OCH3 is 1. The van der Waals surface area contributed by atoms with Gasteiger partial charge in [-0.25, -0.2) is 4.79 Å². The van der Waals surface area contributed by atoms with Crippen LogP contribution < -0.4 is 9.47 Å². The molecule has 0 amide bonds. The van der Waals surface area contributed by atoms with Gasteiger partial charge in [0.2, 0.25) is 0 Å². The first-order valence-electron chi connectivity index (χ1n) is 11.0. The molecule has 3 rings (SSSR count). The number of ether oxygens (including phenoxy) is 3. The van der Waals surface area contributed by atoms with Gasteiger partial charge in [0, 0.05) is 24.5 Å². The highest BCUT2D eigenvalue weighted by Gasteiger charge is 2.40. The van der Waals surface area contributed by atoms with E-state index in [2.05, 4.69) is 32.9 Å². The molecule has 0 saturated carbocycles. The summed E-state index contributed by atoms with van der Waals surface area (Å²) in [5.74, 6) is 1.76. The lowest BCUT2D eigenvalue weighted by atomic mass is 9.72. The van der Waals surface area contributed by atoms with Crippen LogP contribution in [0.5, 0.6) is 11.5 Å². The number of rotatable bonds is 7. The molecule has 4 nitrogen and oxygen atoms in total. The summed E-state index contributed by atoms with van der Waals surface area (Å²) in [4.78, 5) is 12.8. The fourth-order valence-corrected chi connectivity index (χ4v) is 4.39. The molecule has 0 fully saturated rings. The van der Waals surface area contributed by atoms with Crippen molar-refractivity contribution in [3.05, 3.63) is 34.9 Å². The van der Waals surface area contributed by atoms with Crippen molar-refractivity contribution in [2.24, 2.45) is 5.92 Å². The summed E-state index contributed by atoms with van der Waals surface area (Å²) >= 11 is 0. The van der Waals surface area contributed by atoms with Crippen molar-refractivity contribution in [3.63, 3.8) is 0 Å². The Morgan fingerprint density at radius 1 is 1.28 bits per heavy atom. The number of allylic oxidation sites excluding steroid dienone is 2. The Balaban J connectivity index is 2.04. The molecule has 1 aromatic carbocycles. The molecule has 4 heteroatoms. The molecule has 0 bridgehead atoms. The van der Waals surface area contributed by atoms with Gasteiger partial charge in [0.25, 0.3) is 0 Å². The van der Waals surface area contributed by atoms with Crippen molar-refractivity contribution in [1.29, 1.82) is 0 Å². The average molecular weight is 401 g/mol. The monoisotopic (exact) mass is 400 g/mol. The lowest BCUT2D eigenvalue weighted by molar-refractivity contribution is -0.154. The number of hydrogen-bond acceptors (Lipinski definition) is 4. The van der Waals surface area contributed by atoms with Gasteiger partial charge in [0.1, 0.15) is 11.5 Å². The Morgan fingerprint density at radius 3 is 2.72 bits per heavy atom. The number of fused-ring (bicyclic) bond motifs is 3. The second-order valence-electron chi connectivity index (χ2n) is 9.13. The van der Waals surface area contributed by atoms with Crippen LogP contribution in [0, 0.1) is 5.92 Å². The summed E-state index contributed by atoms with van der Waals surface area (Å²) < 4.78 is 17.7. The van der Waals surface area contributed by atoms with Crippen molar-refractivity contribution in [2.75, 3.05) is 7.11 Å². The van der Waals surface area contributed by atoms with Crippen molar-refractivity contribution >= 4 is 5.97 Å². The number of esters is 1. The zero-order chi connectivity index (χ0) is 21.2. The van der Waals surface area contributed by atoms with Gasteiger partial charge in [-0.05, 0) is 71.1 Å². The quantitative estimate of drug-likeness (QED) is 0.245. The second kappa shape index (κ2) is 8.91. The molecule has 1 aromatic rings. The van der Waals surface area contributed by atoms with E-state index in [4.69, 9.17) is 14.2 Å². The summed E-state index contributed by atoms with van der Waals surface area (Å²) in [5, 5.41) is 0. The van der Waals surface area contributed by atoms with Crippen molar-refractivity contribution in [1.82, 2.24) is 0 Å². The van der Waals surface area contributed by atoms with E-state index in [1.54, 1.807) is 13.8 Å². The second-order valence-corrected chi connectivity index (χ2v) is 9.13. The molecule has 2 unspecified atom stereocenters. The van der Waals surface area contributed by atoms with Gasteiger partial charge in [-0.15, -0.1) is 0 Å². The largest absolute Gasteiger partial charge is 0.490 e. The van der Waals surface area contributed by atoms with Gasteiger partial charge in [-0.3, -0.25) is 0 Å². The lowest BCUT2D eigenvalue weighted by Gasteiger charge is -2.40. The van der Waals surface area contributed by atoms with E-state index in [-0.39, 0.29) is 18.0 Å². The summed E-state index contributed by atoms with van der Waals surface area (Å²) in [6.07, 6.45) is 9.15. The maximum Gasteiger partial charge on any atom is 0.343 e. The fraction of sp³-hybridized carbons (Fsp3) is 0.640. The van der Waals surface area contributed by atoms with Crippen LogP contribution in [-0.4, -0.2) is 24.8 Å². The van der Waals surface area contributed by atoms with E-state index in [0.29, 0.717) is 11.7 Å². The van der Waals surface area contributed by atoms with Crippen LogP contribution in [0.25, 0.3) is 0 Å². The third kappa shape index (κ3) is 4.69. The molecule has 3 atom stereocenters. The van der Waals surface area contributed by atoms with Crippen LogP contribution in [0.4, 0.5) is 0 Å². The van der Waals surface area contributed by atoms with Crippen LogP contribution in [0.2, 0.25) is 0 Å². The molecule has 1 aliphatic carbocycles. The van der Waals surface area contributed by atoms with Crippen molar-refractivity contribution < 1.29 is 19.0 Å². The fourth-order valence-electron chi connectivity index (χ4n) is 4.39. The molecule has 1 aliphatic heterocycles. The van der Waals surface area contributed by atoms with Crippen LogP contribution in [0.1, 0.15) is 83.8 Å². The minimum Gasteiger partial charge on any atom is -0.490 e. The zero-order valence-corrected chi connectivity index (χ0v) is 18.8. The molecule has 0 aromatic heterocycles. The molecule has 0 spiro atoms. The van der Waals surface area contributed by atoms with Crippen LogP contribution in [-0.2, 0) is 16.0 Å². The molecule has 0 saturated heterocycles. The van der Waals surface area contributed by atoms with Crippen LogP contribution in [0.15, 0.2) is 23.8 Å². The molecule has 1 heterocycles. The zero-order valence-electron chi connectivity index (χ0n) is 18.8. The van der Waals surface area contributed by atoms with Gasteiger partial charge in [-0.1, -0.05) is 31.4 Å². The third-order valence-corrected chi connectivity index (χ3v) is 6.48. The predicted molar refractivity (Wildman–Crippen MR) is 116 cm³/mol. The van der Waals surface area contributed by atoms with E-state index < -0.39 is 5.60 Å². The molecule has 160 valence electrons. The Bertz CT molecular complexity index is 777. The molecular weight excluding hydrogens is 364 g/mol. The molecule has 0 N–H and O–H groups in total. The number of benzene rings is 1. The lowest BCUT2D eigenvalue weighted by Crippen LogP contribution is -2.39. The number of carbonyl (C=O) groups excluding carboxylic acids is 1. The van der Waals surface area contributed by atoms with Crippen LogP contribution in [0.3, 0.4) is 0 Å². The topological polar surface area (TPSA) is 44.8 Å². The Hall–Kier alpha value is -1.81. The summed E-state index contributed by atoms with van der Waals surface area (Å²) in [7, 11) is 1.53.